The molecule has 2 aliphatic rings. The molecule has 2 aliphatic heterocycles. The highest BCUT2D eigenvalue weighted by Gasteiger charge is 2.34. The molecule has 2 saturated heterocycles. The van der Waals surface area contributed by atoms with Crippen LogP contribution < -0.4 is 10.2 Å². The third-order valence-electron chi connectivity index (χ3n) is 4.18. The van der Waals surface area contributed by atoms with Crippen LogP contribution in [0.2, 0.25) is 0 Å². The van der Waals surface area contributed by atoms with Crippen LogP contribution in [-0.2, 0) is 4.74 Å². The molecule has 0 bridgehead atoms. The molecule has 3 rings (SSSR count). The number of carbonyl (C=O) groups excluding carboxylic acids is 1. The van der Waals surface area contributed by atoms with Crippen LogP contribution >= 0.6 is 0 Å². The van der Waals surface area contributed by atoms with Crippen molar-refractivity contribution in [1.82, 2.24) is 10.3 Å². The summed E-state index contributed by atoms with van der Waals surface area (Å²) in [4.78, 5) is 18.3. The summed E-state index contributed by atoms with van der Waals surface area (Å²) >= 11 is 0. The van der Waals surface area contributed by atoms with Crippen LogP contribution in [0.5, 0.6) is 0 Å². The van der Waals surface area contributed by atoms with Crippen LogP contribution in [0.25, 0.3) is 0 Å². The quantitative estimate of drug-likeness (QED) is 0.846. The lowest BCUT2D eigenvalue weighted by atomic mass is 9.94. The van der Waals surface area contributed by atoms with Gasteiger partial charge in [-0.15, -0.1) is 0 Å². The number of hydrogen-bond donors (Lipinski definition) is 1. The standard InChI is InChI=1S/C15H21N3O2/c1-2-20-15(19)11-5-6-14(17-8-11)18-9-12-4-3-7-16-13(12)10-18/h5-6,8,12-13,16H,2-4,7,9-10H2,1H3. The van der Waals surface area contributed by atoms with E-state index >= 15 is 0 Å². The van der Waals surface area contributed by atoms with Gasteiger partial charge in [0.05, 0.1) is 12.2 Å². The fourth-order valence-electron chi connectivity index (χ4n) is 3.14. The first-order chi connectivity index (χ1) is 9.78. The second-order valence-corrected chi connectivity index (χ2v) is 5.49. The van der Waals surface area contributed by atoms with Gasteiger partial charge in [-0.05, 0) is 44.4 Å². The Morgan fingerprint density at radius 2 is 2.40 bits per heavy atom. The maximum Gasteiger partial charge on any atom is 0.339 e. The second-order valence-electron chi connectivity index (χ2n) is 5.49. The smallest absolute Gasteiger partial charge is 0.339 e. The lowest BCUT2D eigenvalue weighted by molar-refractivity contribution is 0.0526. The fourth-order valence-corrected chi connectivity index (χ4v) is 3.14. The molecule has 0 spiro atoms. The zero-order valence-corrected chi connectivity index (χ0v) is 11.8. The molecule has 0 saturated carbocycles. The van der Waals surface area contributed by atoms with E-state index in [-0.39, 0.29) is 5.97 Å². The highest BCUT2D eigenvalue weighted by Crippen LogP contribution is 2.28. The van der Waals surface area contributed by atoms with Gasteiger partial charge in [-0.1, -0.05) is 0 Å². The molecule has 3 heterocycles. The van der Waals surface area contributed by atoms with E-state index < -0.39 is 0 Å². The van der Waals surface area contributed by atoms with E-state index in [1.165, 1.54) is 12.8 Å². The molecule has 1 aromatic heterocycles. The van der Waals surface area contributed by atoms with Crippen molar-refractivity contribution in [3.63, 3.8) is 0 Å². The minimum Gasteiger partial charge on any atom is -0.462 e. The first-order valence-electron chi connectivity index (χ1n) is 7.39. The molecule has 1 aromatic rings. The number of anilines is 1. The van der Waals surface area contributed by atoms with Gasteiger partial charge >= 0.3 is 5.97 Å². The summed E-state index contributed by atoms with van der Waals surface area (Å²) in [6.07, 6.45) is 4.18. The summed E-state index contributed by atoms with van der Waals surface area (Å²) in [7, 11) is 0. The lowest BCUT2D eigenvalue weighted by Crippen LogP contribution is -2.40. The third-order valence-corrected chi connectivity index (χ3v) is 4.18. The largest absolute Gasteiger partial charge is 0.462 e. The van der Waals surface area contributed by atoms with Crippen LogP contribution in [0.1, 0.15) is 30.1 Å². The monoisotopic (exact) mass is 275 g/mol. The molecular weight excluding hydrogens is 254 g/mol. The van der Waals surface area contributed by atoms with Crippen molar-refractivity contribution in [3.8, 4) is 0 Å². The minimum atomic E-state index is -0.302. The van der Waals surface area contributed by atoms with E-state index in [1.54, 1.807) is 19.2 Å². The number of pyridine rings is 1. The highest BCUT2D eigenvalue weighted by atomic mass is 16.5. The summed E-state index contributed by atoms with van der Waals surface area (Å²) in [5.74, 6) is 1.38. The van der Waals surface area contributed by atoms with Gasteiger partial charge in [0.15, 0.2) is 0 Å². The van der Waals surface area contributed by atoms with Gasteiger partial charge in [0.1, 0.15) is 5.82 Å². The predicted octanol–water partition coefficient (Wildman–Crippen LogP) is 1.45. The number of nitrogens with zero attached hydrogens (tertiary/aromatic N) is 2. The third kappa shape index (κ3) is 2.63. The Morgan fingerprint density at radius 3 is 3.10 bits per heavy atom. The summed E-state index contributed by atoms with van der Waals surface area (Å²) in [5.41, 5.74) is 0.519. The van der Waals surface area contributed by atoms with E-state index in [1.807, 2.05) is 6.07 Å². The zero-order chi connectivity index (χ0) is 13.9. The Morgan fingerprint density at radius 1 is 1.50 bits per heavy atom. The van der Waals surface area contributed by atoms with E-state index in [9.17, 15) is 4.79 Å². The number of fused-ring (bicyclic) bond motifs is 1. The van der Waals surface area contributed by atoms with Gasteiger partial charge in [-0.2, -0.15) is 0 Å². The van der Waals surface area contributed by atoms with E-state index in [2.05, 4.69) is 15.2 Å². The van der Waals surface area contributed by atoms with Gasteiger partial charge in [-0.25, -0.2) is 9.78 Å². The van der Waals surface area contributed by atoms with Gasteiger partial charge in [-0.3, -0.25) is 0 Å². The van der Waals surface area contributed by atoms with Crippen molar-refractivity contribution in [2.45, 2.75) is 25.8 Å². The van der Waals surface area contributed by atoms with Gasteiger partial charge in [0, 0.05) is 25.3 Å². The predicted molar refractivity (Wildman–Crippen MR) is 76.9 cm³/mol. The average molecular weight is 275 g/mol. The SMILES string of the molecule is CCOC(=O)c1ccc(N2CC3CCCNC3C2)nc1. The molecule has 2 atom stereocenters. The molecule has 20 heavy (non-hydrogen) atoms. The number of aromatic nitrogens is 1. The van der Waals surface area contributed by atoms with Crippen LogP contribution in [-0.4, -0.2) is 43.2 Å². The number of piperidine rings is 1. The molecule has 5 nitrogen and oxygen atoms in total. The van der Waals surface area contributed by atoms with Crippen molar-refractivity contribution in [2.75, 3.05) is 31.1 Å². The maximum atomic E-state index is 11.6. The molecule has 108 valence electrons. The van der Waals surface area contributed by atoms with Crippen LogP contribution in [0.3, 0.4) is 0 Å². The van der Waals surface area contributed by atoms with E-state index in [4.69, 9.17) is 4.74 Å². The second kappa shape index (κ2) is 5.79. The summed E-state index contributed by atoms with van der Waals surface area (Å²) in [6.45, 7) is 5.39. The maximum absolute atomic E-state index is 11.6. The number of rotatable bonds is 3. The van der Waals surface area contributed by atoms with Crippen LogP contribution in [0.15, 0.2) is 18.3 Å². The first kappa shape index (κ1) is 13.4. The van der Waals surface area contributed by atoms with Crippen molar-refractivity contribution < 1.29 is 9.53 Å². The number of ether oxygens (including phenoxy) is 1. The van der Waals surface area contributed by atoms with Crippen molar-refractivity contribution in [1.29, 1.82) is 0 Å². The van der Waals surface area contributed by atoms with Gasteiger partial charge in [0.2, 0.25) is 0 Å². The van der Waals surface area contributed by atoms with Crippen LogP contribution in [0.4, 0.5) is 5.82 Å². The Labute approximate surface area is 119 Å². The topological polar surface area (TPSA) is 54.5 Å². The Kier molecular flexibility index (Phi) is 3.87. The summed E-state index contributed by atoms with van der Waals surface area (Å²) in [5, 5.41) is 3.58. The Bertz CT molecular complexity index is 461. The number of nitrogens with one attached hydrogen (secondary N) is 1. The molecule has 2 fully saturated rings. The van der Waals surface area contributed by atoms with Gasteiger partial charge < -0.3 is 15.0 Å². The Balaban J connectivity index is 1.67. The highest BCUT2D eigenvalue weighted by molar-refractivity contribution is 5.89. The number of carbonyl (C=O) groups is 1. The molecule has 1 N–H and O–H groups in total. The lowest BCUT2D eigenvalue weighted by Gasteiger charge is -2.24. The summed E-state index contributed by atoms with van der Waals surface area (Å²) < 4.78 is 4.97. The van der Waals surface area contributed by atoms with Crippen molar-refractivity contribution in [3.05, 3.63) is 23.9 Å². The molecule has 0 radical (unpaired) electrons. The molecule has 5 heteroatoms. The number of esters is 1. The van der Waals surface area contributed by atoms with Crippen LogP contribution in [0, 0.1) is 5.92 Å². The molecule has 0 aliphatic carbocycles. The minimum absolute atomic E-state index is 0.302. The zero-order valence-electron chi connectivity index (χ0n) is 11.8. The molecular formula is C15H21N3O2. The fraction of sp³-hybridized carbons (Fsp3) is 0.600. The van der Waals surface area contributed by atoms with E-state index in [0.717, 1.165) is 31.4 Å². The molecule has 2 unspecified atom stereocenters. The average Bonchev–Trinajstić information content (AvgIpc) is 2.91. The number of hydrogen-bond acceptors (Lipinski definition) is 5. The Hall–Kier alpha value is -1.62. The van der Waals surface area contributed by atoms with Crippen molar-refractivity contribution >= 4 is 11.8 Å². The van der Waals surface area contributed by atoms with Crippen molar-refractivity contribution in [2.24, 2.45) is 5.92 Å². The molecule has 0 amide bonds. The normalized spacial score (nSPS) is 25.4. The first-order valence-corrected chi connectivity index (χ1v) is 7.39. The summed E-state index contributed by atoms with van der Waals surface area (Å²) in [6, 6.07) is 4.31. The molecule has 0 aromatic carbocycles. The van der Waals surface area contributed by atoms with E-state index in [0.29, 0.717) is 18.2 Å². The van der Waals surface area contributed by atoms with Gasteiger partial charge in [0.25, 0.3) is 0 Å².